The Balaban J connectivity index is 1.79. The van der Waals surface area contributed by atoms with Gasteiger partial charge in [-0.05, 0) is 45.2 Å². The highest BCUT2D eigenvalue weighted by Gasteiger charge is 2.29. The van der Waals surface area contributed by atoms with Crippen molar-refractivity contribution in [3.8, 4) is 0 Å². The summed E-state index contributed by atoms with van der Waals surface area (Å²) in [7, 11) is 0. The van der Waals surface area contributed by atoms with Crippen molar-refractivity contribution >= 4 is 17.5 Å². The quantitative estimate of drug-likeness (QED) is 0.944. The van der Waals surface area contributed by atoms with E-state index in [9.17, 15) is 4.79 Å². The first-order chi connectivity index (χ1) is 10.5. The lowest BCUT2D eigenvalue weighted by atomic mass is 10.0. The molecule has 0 aliphatic carbocycles. The predicted octanol–water partition coefficient (Wildman–Crippen LogP) is 3.18. The standard InChI is InChI=1S/C16H21ClN4O/c1-11-7-12(2)21(19-11)10-14-5-3-4-6-20(14)16(22)15-8-13(17)9-18-15/h7-9,14,18H,3-6,10H2,1-2H3/t14-/m1/s1. The number of hydrogen-bond acceptors (Lipinski definition) is 2. The molecule has 0 unspecified atom stereocenters. The number of amides is 1. The molecule has 0 aromatic carbocycles. The number of aryl methyl sites for hydroxylation is 2. The maximum Gasteiger partial charge on any atom is 0.270 e. The van der Waals surface area contributed by atoms with Gasteiger partial charge >= 0.3 is 0 Å². The van der Waals surface area contributed by atoms with Crippen LogP contribution in [0, 0.1) is 13.8 Å². The molecule has 1 N–H and O–H groups in total. The van der Waals surface area contributed by atoms with E-state index in [0.29, 0.717) is 10.7 Å². The van der Waals surface area contributed by atoms with Gasteiger partial charge in [0.1, 0.15) is 5.69 Å². The SMILES string of the molecule is Cc1cc(C)n(C[C@H]2CCCCN2C(=O)c2cc(Cl)c[nH]2)n1. The Morgan fingerprint density at radius 1 is 1.41 bits per heavy atom. The third-order valence-electron chi connectivity index (χ3n) is 4.25. The normalized spacial score (nSPS) is 18.7. The number of piperidine rings is 1. The summed E-state index contributed by atoms with van der Waals surface area (Å²) >= 11 is 5.92. The number of hydrogen-bond donors (Lipinski definition) is 1. The van der Waals surface area contributed by atoms with E-state index in [1.165, 1.54) is 0 Å². The third-order valence-corrected chi connectivity index (χ3v) is 4.47. The zero-order valence-corrected chi connectivity index (χ0v) is 13.7. The number of likely N-dealkylation sites (tertiary alicyclic amines) is 1. The van der Waals surface area contributed by atoms with Crippen LogP contribution in [0.4, 0.5) is 0 Å². The summed E-state index contributed by atoms with van der Waals surface area (Å²) in [5, 5.41) is 5.09. The highest BCUT2D eigenvalue weighted by molar-refractivity contribution is 6.30. The molecule has 0 saturated carbocycles. The summed E-state index contributed by atoms with van der Waals surface area (Å²) in [5.41, 5.74) is 2.71. The monoisotopic (exact) mass is 320 g/mol. The highest BCUT2D eigenvalue weighted by Crippen LogP contribution is 2.22. The van der Waals surface area contributed by atoms with Crippen molar-refractivity contribution in [2.45, 2.75) is 45.7 Å². The molecule has 118 valence electrons. The summed E-state index contributed by atoms with van der Waals surface area (Å²) in [6.07, 6.45) is 4.86. The summed E-state index contributed by atoms with van der Waals surface area (Å²) in [6, 6.07) is 3.94. The molecule has 6 heteroatoms. The van der Waals surface area contributed by atoms with E-state index in [1.807, 2.05) is 16.5 Å². The lowest BCUT2D eigenvalue weighted by Gasteiger charge is -2.35. The molecule has 1 atom stereocenters. The highest BCUT2D eigenvalue weighted by atomic mass is 35.5. The smallest absolute Gasteiger partial charge is 0.270 e. The molecule has 0 bridgehead atoms. The summed E-state index contributed by atoms with van der Waals surface area (Å²) in [6.45, 7) is 5.59. The van der Waals surface area contributed by atoms with Crippen LogP contribution in [-0.4, -0.2) is 38.2 Å². The van der Waals surface area contributed by atoms with E-state index in [0.717, 1.165) is 43.7 Å². The number of aromatic nitrogens is 3. The molecule has 1 fully saturated rings. The number of nitrogens with one attached hydrogen (secondary N) is 1. The zero-order valence-electron chi connectivity index (χ0n) is 13.0. The number of carbonyl (C=O) groups is 1. The van der Waals surface area contributed by atoms with Crippen molar-refractivity contribution in [2.24, 2.45) is 0 Å². The first-order valence-electron chi connectivity index (χ1n) is 7.70. The fraction of sp³-hybridized carbons (Fsp3) is 0.500. The molecule has 2 aromatic rings. The average Bonchev–Trinajstić information content (AvgIpc) is 3.05. The first kappa shape index (κ1) is 15.2. The van der Waals surface area contributed by atoms with Gasteiger partial charge in [-0.2, -0.15) is 5.10 Å². The molecule has 3 rings (SSSR count). The van der Waals surface area contributed by atoms with Crippen molar-refractivity contribution in [3.63, 3.8) is 0 Å². The van der Waals surface area contributed by atoms with Crippen LogP contribution in [-0.2, 0) is 6.54 Å². The molecule has 0 radical (unpaired) electrons. The molecule has 1 saturated heterocycles. The molecule has 1 aliphatic heterocycles. The van der Waals surface area contributed by atoms with E-state index in [4.69, 9.17) is 11.6 Å². The zero-order chi connectivity index (χ0) is 15.7. The minimum atomic E-state index is 0.0260. The van der Waals surface area contributed by atoms with Crippen LogP contribution in [0.1, 0.15) is 41.1 Å². The van der Waals surface area contributed by atoms with Crippen molar-refractivity contribution in [1.82, 2.24) is 19.7 Å². The number of H-pyrrole nitrogens is 1. The van der Waals surface area contributed by atoms with Crippen molar-refractivity contribution in [3.05, 3.63) is 40.4 Å². The predicted molar refractivity (Wildman–Crippen MR) is 86.2 cm³/mol. The molecule has 0 spiro atoms. The Bertz CT molecular complexity index is 675. The van der Waals surface area contributed by atoms with Crippen molar-refractivity contribution in [1.29, 1.82) is 0 Å². The van der Waals surface area contributed by atoms with Gasteiger partial charge in [-0.25, -0.2) is 0 Å². The maximum atomic E-state index is 12.7. The van der Waals surface area contributed by atoms with Crippen LogP contribution >= 0.6 is 11.6 Å². The molecule has 1 amide bonds. The lowest BCUT2D eigenvalue weighted by Crippen LogP contribution is -2.46. The van der Waals surface area contributed by atoms with E-state index in [1.54, 1.807) is 12.3 Å². The van der Waals surface area contributed by atoms with Gasteiger partial charge in [-0.3, -0.25) is 9.48 Å². The molecule has 3 heterocycles. The molecular weight excluding hydrogens is 300 g/mol. The van der Waals surface area contributed by atoms with Gasteiger partial charge < -0.3 is 9.88 Å². The van der Waals surface area contributed by atoms with Gasteiger partial charge in [0.15, 0.2) is 0 Å². The second-order valence-corrected chi connectivity index (χ2v) is 6.43. The number of carbonyl (C=O) groups excluding carboxylic acids is 1. The lowest BCUT2D eigenvalue weighted by molar-refractivity contribution is 0.0577. The van der Waals surface area contributed by atoms with Gasteiger partial charge in [-0.15, -0.1) is 0 Å². The Morgan fingerprint density at radius 3 is 2.86 bits per heavy atom. The molecule has 5 nitrogen and oxygen atoms in total. The summed E-state index contributed by atoms with van der Waals surface area (Å²) in [5.74, 6) is 0.0260. The van der Waals surface area contributed by atoms with Crippen LogP contribution in [0.15, 0.2) is 18.3 Å². The molecule has 22 heavy (non-hydrogen) atoms. The largest absolute Gasteiger partial charge is 0.356 e. The van der Waals surface area contributed by atoms with Gasteiger partial charge in [0, 0.05) is 18.4 Å². The van der Waals surface area contributed by atoms with Gasteiger partial charge in [0.2, 0.25) is 0 Å². The van der Waals surface area contributed by atoms with Gasteiger partial charge in [0.25, 0.3) is 5.91 Å². The molecular formula is C16H21ClN4O. The summed E-state index contributed by atoms with van der Waals surface area (Å²) < 4.78 is 2.01. The number of nitrogens with zero attached hydrogens (tertiary/aromatic N) is 3. The van der Waals surface area contributed by atoms with Crippen LogP contribution in [0.5, 0.6) is 0 Å². The number of aromatic amines is 1. The van der Waals surface area contributed by atoms with Gasteiger partial charge in [-0.1, -0.05) is 11.6 Å². The molecule has 2 aromatic heterocycles. The maximum absolute atomic E-state index is 12.7. The van der Waals surface area contributed by atoms with E-state index in [2.05, 4.69) is 23.1 Å². The third kappa shape index (κ3) is 3.04. The Labute approximate surface area is 135 Å². The summed E-state index contributed by atoms with van der Waals surface area (Å²) in [4.78, 5) is 17.6. The van der Waals surface area contributed by atoms with Crippen LogP contribution in [0.25, 0.3) is 0 Å². The average molecular weight is 321 g/mol. The van der Waals surface area contributed by atoms with Crippen LogP contribution in [0.2, 0.25) is 5.02 Å². The first-order valence-corrected chi connectivity index (χ1v) is 8.08. The van der Waals surface area contributed by atoms with E-state index < -0.39 is 0 Å². The fourth-order valence-electron chi connectivity index (χ4n) is 3.16. The second-order valence-electron chi connectivity index (χ2n) is 5.99. The Kier molecular flexibility index (Phi) is 4.25. The minimum absolute atomic E-state index is 0.0260. The van der Waals surface area contributed by atoms with E-state index >= 15 is 0 Å². The van der Waals surface area contributed by atoms with Crippen LogP contribution in [0.3, 0.4) is 0 Å². The number of halogens is 1. The van der Waals surface area contributed by atoms with E-state index in [-0.39, 0.29) is 11.9 Å². The molecule has 1 aliphatic rings. The minimum Gasteiger partial charge on any atom is -0.356 e. The number of rotatable bonds is 3. The Morgan fingerprint density at radius 2 is 2.23 bits per heavy atom. The van der Waals surface area contributed by atoms with Crippen LogP contribution < -0.4 is 0 Å². The topological polar surface area (TPSA) is 53.9 Å². The fourth-order valence-corrected chi connectivity index (χ4v) is 3.33. The van der Waals surface area contributed by atoms with Crippen molar-refractivity contribution < 1.29 is 4.79 Å². The van der Waals surface area contributed by atoms with Gasteiger partial charge in [0.05, 0.1) is 23.3 Å². The van der Waals surface area contributed by atoms with Crippen molar-refractivity contribution in [2.75, 3.05) is 6.54 Å². The Hall–Kier alpha value is -1.75. The second kappa shape index (κ2) is 6.16.